The Balaban J connectivity index is 2.10. The Morgan fingerprint density at radius 1 is 1.00 bits per heavy atom. The van der Waals surface area contributed by atoms with Crippen molar-refractivity contribution in [2.45, 2.75) is 19.8 Å². The van der Waals surface area contributed by atoms with Crippen molar-refractivity contribution < 1.29 is 4.79 Å². The molecule has 1 unspecified atom stereocenters. The van der Waals surface area contributed by atoms with E-state index in [4.69, 9.17) is 5.73 Å². The Morgan fingerprint density at radius 3 is 2.20 bits per heavy atom. The van der Waals surface area contributed by atoms with Gasteiger partial charge < -0.3 is 5.73 Å². The van der Waals surface area contributed by atoms with Gasteiger partial charge in [0.15, 0.2) is 5.78 Å². The molecule has 0 spiro atoms. The number of hydrogen-bond donors (Lipinski definition) is 1. The molecular weight excluding hydrogens is 246 g/mol. The van der Waals surface area contributed by atoms with Crippen molar-refractivity contribution in [3.63, 3.8) is 0 Å². The molecule has 0 aromatic heterocycles. The maximum Gasteiger partial charge on any atom is 0.165 e. The summed E-state index contributed by atoms with van der Waals surface area (Å²) in [7, 11) is 0. The summed E-state index contributed by atoms with van der Waals surface area (Å²) in [4.78, 5) is 12.3. The van der Waals surface area contributed by atoms with Gasteiger partial charge >= 0.3 is 0 Å². The van der Waals surface area contributed by atoms with Crippen LogP contribution in [0.25, 0.3) is 11.1 Å². The molecule has 0 saturated carbocycles. The largest absolute Gasteiger partial charge is 0.330 e. The van der Waals surface area contributed by atoms with Crippen LogP contribution in [0.15, 0.2) is 54.6 Å². The molecule has 2 rings (SSSR count). The molecule has 0 aliphatic carbocycles. The van der Waals surface area contributed by atoms with E-state index < -0.39 is 0 Å². The van der Waals surface area contributed by atoms with E-state index in [1.165, 1.54) is 5.56 Å². The fourth-order valence-electron chi connectivity index (χ4n) is 2.30. The van der Waals surface area contributed by atoms with Gasteiger partial charge in [-0.25, -0.2) is 0 Å². The van der Waals surface area contributed by atoms with Crippen molar-refractivity contribution in [2.75, 3.05) is 6.54 Å². The van der Waals surface area contributed by atoms with Gasteiger partial charge in [0.2, 0.25) is 0 Å². The van der Waals surface area contributed by atoms with Gasteiger partial charge in [0.1, 0.15) is 0 Å². The highest BCUT2D eigenvalue weighted by atomic mass is 16.1. The molecule has 0 aliphatic heterocycles. The topological polar surface area (TPSA) is 43.1 Å². The molecule has 0 fully saturated rings. The molecule has 0 heterocycles. The van der Waals surface area contributed by atoms with Gasteiger partial charge in [0, 0.05) is 11.5 Å². The lowest BCUT2D eigenvalue weighted by molar-refractivity contribution is 0.0923. The van der Waals surface area contributed by atoms with Crippen LogP contribution in [0.1, 0.15) is 30.1 Å². The van der Waals surface area contributed by atoms with Crippen molar-refractivity contribution in [3.05, 3.63) is 60.2 Å². The van der Waals surface area contributed by atoms with Gasteiger partial charge in [0.25, 0.3) is 0 Å². The summed E-state index contributed by atoms with van der Waals surface area (Å²) in [5.41, 5.74) is 8.58. The number of benzene rings is 2. The van der Waals surface area contributed by atoms with E-state index >= 15 is 0 Å². The highest BCUT2D eigenvalue weighted by Crippen LogP contribution is 2.21. The molecular formula is C18H21NO. The van der Waals surface area contributed by atoms with E-state index in [9.17, 15) is 4.79 Å². The van der Waals surface area contributed by atoms with E-state index in [1.54, 1.807) is 0 Å². The van der Waals surface area contributed by atoms with Crippen molar-refractivity contribution >= 4 is 5.78 Å². The maximum atomic E-state index is 12.3. The fourth-order valence-corrected chi connectivity index (χ4v) is 2.30. The van der Waals surface area contributed by atoms with Crippen molar-refractivity contribution in [1.82, 2.24) is 0 Å². The van der Waals surface area contributed by atoms with Crippen molar-refractivity contribution in [1.29, 1.82) is 0 Å². The molecule has 0 saturated heterocycles. The van der Waals surface area contributed by atoms with Crippen LogP contribution in [0.2, 0.25) is 0 Å². The monoisotopic (exact) mass is 267 g/mol. The predicted molar refractivity (Wildman–Crippen MR) is 83.7 cm³/mol. The highest BCUT2D eigenvalue weighted by Gasteiger charge is 2.14. The second-order valence-electron chi connectivity index (χ2n) is 5.14. The molecule has 0 amide bonds. The number of Topliss-reactive ketones (excluding diaryl/α,β-unsaturated/α-hetero) is 1. The van der Waals surface area contributed by atoms with Crippen LogP contribution in [0, 0.1) is 5.92 Å². The third kappa shape index (κ3) is 3.55. The molecule has 0 radical (unpaired) electrons. The minimum Gasteiger partial charge on any atom is -0.330 e. The van der Waals surface area contributed by atoms with Gasteiger partial charge in [-0.15, -0.1) is 0 Å². The summed E-state index contributed by atoms with van der Waals surface area (Å²) in [6.07, 6.45) is 1.75. The zero-order valence-electron chi connectivity index (χ0n) is 11.9. The summed E-state index contributed by atoms with van der Waals surface area (Å²) in [5.74, 6) is 0.249. The second-order valence-corrected chi connectivity index (χ2v) is 5.14. The van der Waals surface area contributed by atoms with Gasteiger partial charge in [-0.3, -0.25) is 4.79 Å². The van der Waals surface area contributed by atoms with Crippen LogP contribution in [0.4, 0.5) is 0 Å². The number of carbonyl (C=O) groups is 1. The molecule has 2 nitrogen and oxygen atoms in total. The molecule has 104 valence electrons. The van der Waals surface area contributed by atoms with E-state index in [0.717, 1.165) is 24.0 Å². The summed E-state index contributed by atoms with van der Waals surface area (Å²) < 4.78 is 0. The first-order chi connectivity index (χ1) is 9.72. The summed E-state index contributed by atoms with van der Waals surface area (Å²) in [5, 5.41) is 0. The average molecular weight is 267 g/mol. The molecule has 2 aromatic carbocycles. The Hall–Kier alpha value is -1.93. The molecule has 1 atom stereocenters. The Labute approximate surface area is 120 Å². The highest BCUT2D eigenvalue weighted by molar-refractivity contribution is 5.98. The lowest BCUT2D eigenvalue weighted by Crippen LogP contribution is -2.13. The zero-order valence-corrected chi connectivity index (χ0v) is 11.9. The van der Waals surface area contributed by atoms with Crippen molar-refractivity contribution in [2.24, 2.45) is 11.7 Å². The van der Waals surface area contributed by atoms with Crippen LogP contribution in [0.5, 0.6) is 0 Å². The third-order valence-corrected chi connectivity index (χ3v) is 3.57. The molecule has 2 N–H and O–H groups in total. The normalized spacial score (nSPS) is 12.1. The standard InChI is InChI=1S/C18H21NO/c1-14(6-5-13-19)18(20)17-11-9-16(10-12-17)15-7-3-2-4-8-15/h2-4,7-12,14H,5-6,13,19H2,1H3. The number of nitrogens with two attached hydrogens (primary N) is 1. The van der Waals surface area contributed by atoms with Gasteiger partial charge in [-0.05, 0) is 30.5 Å². The smallest absolute Gasteiger partial charge is 0.165 e. The van der Waals surface area contributed by atoms with Crippen LogP contribution >= 0.6 is 0 Å². The van der Waals surface area contributed by atoms with Crippen LogP contribution in [-0.4, -0.2) is 12.3 Å². The lowest BCUT2D eigenvalue weighted by Gasteiger charge is -2.10. The molecule has 2 aromatic rings. The average Bonchev–Trinajstić information content (AvgIpc) is 2.53. The predicted octanol–water partition coefficient (Wildman–Crippen LogP) is 3.91. The third-order valence-electron chi connectivity index (χ3n) is 3.57. The minimum atomic E-state index is 0.0427. The van der Waals surface area contributed by atoms with Gasteiger partial charge in [0.05, 0.1) is 0 Å². The Bertz CT molecular complexity index is 545. The van der Waals surface area contributed by atoms with E-state index in [-0.39, 0.29) is 11.7 Å². The quantitative estimate of drug-likeness (QED) is 0.806. The van der Waals surface area contributed by atoms with E-state index in [2.05, 4.69) is 12.1 Å². The number of carbonyl (C=O) groups excluding carboxylic acids is 1. The Kier molecular flexibility index (Phi) is 5.08. The first-order valence-electron chi connectivity index (χ1n) is 7.12. The molecule has 0 aliphatic rings. The second kappa shape index (κ2) is 7.01. The summed E-state index contributed by atoms with van der Waals surface area (Å²) >= 11 is 0. The van der Waals surface area contributed by atoms with E-state index in [1.807, 2.05) is 49.4 Å². The number of hydrogen-bond acceptors (Lipinski definition) is 2. The van der Waals surface area contributed by atoms with Crippen LogP contribution in [-0.2, 0) is 0 Å². The number of ketones is 1. The minimum absolute atomic E-state index is 0.0427. The molecule has 2 heteroatoms. The van der Waals surface area contributed by atoms with Crippen LogP contribution in [0.3, 0.4) is 0 Å². The molecule has 20 heavy (non-hydrogen) atoms. The van der Waals surface area contributed by atoms with E-state index in [0.29, 0.717) is 6.54 Å². The van der Waals surface area contributed by atoms with Crippen molar-refractivity contribution in [3.8, 4) is 11.1 Å². The Morgan fingerprint density at radius 2 is 1.60 bits per heavy atom. The lowest BCUT2D eigenvalue weighted by atomic mass is 9.94. The summed E-state index contributed by atoms with van der Waals surface area (Å²) in [6.45, 7) is 2.62. The number of rotatable bonds is 6. The maximum absolute atomic E-state index is 12.3. The SMILES string of the molecule is CC(CCCN)C(=O)c1ccc(-c2ccccc2)cc1. The first-order valence-corrected chi connectivity index (χ1v) is 7.12. The van der Waals surface area contributed by atoms with Crippen LogP contribution < -0.4 is 5.73 Å². The van der Waals surface area contributed by atoms with Gasteiger partial charge in [-0.1, -0.05) is 61.5 Å². The fraction of sp³-hybridized carbons (Fsp3) is 0.278. The first kappa shape index (κ1) is 14.5. The zero-order chi connectivity index (χ0) is 14.4. The van der Waals surface area contributed by atoms with Gasteiger partial charge in [-0.2, -0.15) is 0 Å². The molecule has 0 bridgehead atoms. The summed E-state index contributed by atoms with van der Waals surface area (Å²) in [6, 6.07) is 18.0.